The zero-order valence-corrected chi connectivity index (χ0v) is 10.8. The Morgan fingerprint density at radius 2 is 2.07 bits per heavy atom. The van der Waals surface area contributed by atoms with Crippen LogP contribution in [0.1, 0.15) is 34.1 Å². The van der Waals surface area contributed by atoms with Crippen LogP contribution in [0.5, 0.6) is 0 Å². The molecule has 0 aliphatic rings. The second kappa shape index (κ2) is 7.55. The molecule has 0 saturated heterocycles. The molecule has 1 atom stereocenters. The van der Waals surface area contributed by atoms with E-state index in [-0.39, 0.29) is 0 Å². The average molecular weight is 219 g/mol. The molecule has 0 aliphatic heterocycles. The summed E-state index contributed by atoms with van der Waals surface area (Å²) < 4.78 is 0. The van der Waals surface area contributed by atoms with Gasteiger partial charge in [0.05, 0.1) is 5.60 Å². The summed E-state index contributed by atoms with van der Waals surface area (Å²) in [5.74, 6) is 2.86. The highest BCUT2D eigenvalue weighted by molar-refractivity contribution is 7.99. The van der Waals surface area contributed by atoms with Gasteiger partial charge in [0.25, 0.3) is 0 Å². The Morgan fingerprint density at radius 1 is 1.43 bits per heavy atom. The maximum absolute atomic E-state index is 9.97. The molecule has 0 rings (SSSR count). The van der Waals surface area contributed by atoms with E-state index in [1.54, 1.807) is 0 Å². The molecular formula is C11H25NOS. The summed E-state index contributed by atoms with van der Waals surface area (Å²) >= 11 is 1.93. The lowest BCUT2D eigenvalue weighted by Gasteiger charge is -2.25. The number of aliphatic hydroxyl groups is 1. The predicted octanol–water partition coefficient (Wildman–Crippen LogP) is 2.13. The van der Waals surface area contributed by atoms with Gasteiger partial charge in [-0.15, -0.1) is 0 Å². The van der Waals surface area contributed by atoms with Gasteiger partial charge in [-0.05, 0) is 25.0 Å². The van der Waals surface area contributed by atoms with Gasteiger partial charge in [0.2, 0.25) is 0 Å². The molecule has 0 aromatic rings. The Bertz CT molecular complexity index is 137. The van der Waals surface area contributed by atoms with Crippen LogP contribution in [-0.4, -0.2) is 35.3 Å². The van der Waals surface area contributed by atoms with E-state index in [0.29, 0.717) is 12.5 Å². The fraction of sp³-hybridized carbons (Fsp3) is 1.00. The van der Waals surface area contributed by atoms with E-state index >= 15 is 0 Å². The summed E-state index contributed by atoms with van der Waals surface area (Å²) in [7, 11) is 0. The highest BCUT2D eigenvalue weighted by atomic mass is 32.2. The van der Waals surface area contributed by atoms with Crippen molar-refractivity contribution >= 4 is 11.8 Å². The summed E-state index contributed by atoms with van der Waals surface area (Å²) in [6, 6.07) is 0. The quantitative estimate of drug-likeness (QED) is 0.613. The van der Waals surface area contributed by atoms with E-state index in [1.165, 1.54) is 5.75 Å². The Balaban J connectivity index is 3.45. The molecule has 2 N–H and O–H groups in total. The van der Waals surface area contributed by atoms with Gasteiger partial charge in [0, 0.05) is 18.8 Å². The number of thioether (sulfide) groups is 1. The van der Waals surface area contributed by atoms with Gasteiger partial charge in [-0.2, -0.15) is 11.8 Å². The highest BCUT2D eigenvalue weighted by Gasteiger charge is 2.20. The molecule has 0 aromatic carbocycles. The van der Waals surface area contributed by atoms with Crippen LogP contribution in [0, 0.1) is 5.92 Å². The zero-order chi connectivity index (χ0) is 11.0. The summed E-state index contributed by atoms with van der Waals surface area (Å²) in [6.45, 7) is 10.1. The second-order valence-corrected chi connectivity index (χ2v) is 5.86. The van der Waals surface area contributed by atoms with Crippen molar-refractivity contribution < 1.29 is 5.11 Å². The monoisotopic (exact) mass is 219 g/mol. The molecule has 0 aromatic heterocycles. The topological polar surface area (TPSA) is 32.3 Å². The molecule has 2 nitrogen and oxygen atoms in total. The zero-order valence-electron chi connectivity index (χ0n) is 9.97. The van der Waals surface area contributed by atoms with Crippen molar-refractivity contribution in [1.82, 2.24) is 5.32 Å². The minimum absolute atomic E-state index is 0.551. The molecule has 0 bridgehead atoms. The molecule has 0 radical (unpaired) electrons. The minimum Gasteiger partial charge on any atom is -0.389 e. The molecule has 0 spiro atoms. The summed E-state index contributed by atoms with van der Waals surface area (Å²) in [6.07, 6.45) is 0.862. The summed E-state index contributed by atoms with van der Waals surface area (Å²) in [5, 5.41) is 13.3. The first-order chi connectivity index (χ1) is 6.48. The average Bonchev–Trinajstić information content (AvgIpc) is 2.01. The molecule has 14 heavy (non-hydrogen) atoms. The molecule has 1 unspecified atom stereocenters. The van der Waals surface area contributed by atoms with Crippen LogP contribution < -0.4 is 5.32 Å². The molecule has 0 saturated carbocycles. The molecule has 86 valence electrons. The van der Waals surface area contributed by atoms with Gasteiger partial charge < -0.3 is 10.4 Å². The smallest absolute Gasteiger partial charge is 0.0746 e. The minimum atomic E-state index is -0.551. The number of rotatable bonds is 8. The van der Waals surface area contributed by atoms with Crippen molar-refractivity contribution in [3.63, 3.8) is 0 Å². The number of hydrogen-bond donors (Lipinski definition) is 2. The molecule has 0 aliphatic carbocycles. The van der Waals surface area contributed by atoms with Gasteiger partial charge in [-0.3, -0.25) is 0 Å². The third-order valence-corrected chi connectivity index (χ3v) is 2.88. The normalized spacial score (nSPS) is 15.9. The van der Waals surface area contributed by atoms with Crippen molar-refractivity contribution in [1.29, 1.82) is 0 Å². The van der Waals surface area contributed by atoms with Crippen molar-refractivity contribution in [3.8, 4) is 0 Å². The fourth-order valence-electron chi connectivity index (χ4n) is 1.60. The third-order valence-electron chi connectivity index (χ3n) is 1.98. The van der Waals surface area contributed by atoms with E-state index in [9.17, 15) is 5.11 Å². The Morgan fingerprint density at radius 3 is 2.57 bits per heavy atom. The van der Waals surface area contributed by atoms with Gasteiger partial charge in [0.1, 0.15) is 0 Å². The van der Waals surface area contributed by atoms with E-state index in [0.717, 1.165) is 18.7 Å². The van der Waals surface area contributed by atoms with Gasteiger partial charge >= 0.3 is 0 Å². The predicted molar refractivity (Wildman–Crippen MR) is 65.9 cm³/mol. The van der Waals surface area contributed by atoms with Crippen molar-refractivity contribution in [2.75, 3.05) is 24.6 Å². The van der Waals surface area contributed by atoms with Crippen LogP contribution in [0.3, 0.4) is 0 Å². The van der Waals surface area contributed by atoms with Crippen LogP contribution >= 0.6 is 11.8 Å². The lowest BCUT2D eigenvalue weighted by molar-refractivity contribution is 0.0392. The van der Waals surface area contributed by atoms with Gasteiger partial charge in [-0.25, -0.2) is 0 Å². The molecule has 3 heteroatoms. The largest absolute Gasteiger partial charge is 0.389 e. The van der Waals surface area contributed by atoms with E-state index in [2.05, 4.69) is 26.1 Å². The second-order valence-electron chi connectivity index (χ2n) is 4.47. The fourth-order valence-corrected chi connectivity index (χ4v) is 2.18. The maximum atomic E-state index is 9.97. The molecule has 0 amide bonds. The Kier molecular flexibility index (Phi) is 7.69. The third kappa shape index (κ3) is 8.85. The van der Waals surface area contributed by atoms with Crippen LogP contribution in [-0.2, 0) is 0 Å². The first-order valence-electron chi connectivity index (χ1n) is 5.49. The Labute approximate surface area is 92.9 Å². The van der Waals surface area contributed by atoms with Crippen LogP contribution in [0.25, 0.3) is 0 Å². The molecule has 0 fully saturated rings. The van der Waals surface area contributed by atoms with E-state index < -0.39 is 5.60 Å². The van der Waals surface area contributed by atoms with Crippen LogP contribution in [0.4, 0.5) is 0 Å². The van der Waals surface area contributed by atoms with E-state index in [1.807, 2.05) is 18.7 Å². The highest BCUT2D eigenvalue weighted by Crippen LogP contribution is 2.14. The SMILES string of the molecule is CCSCCNCC(C)(O)CC(C)C. The van der Waals surface area contributed by atoms with E-state index in [4.69, 9.17) is 0 Å². The van der Waals surface area contributed by atoms with Crippen molar-refractivity contribution in [2.45, 2.75) is 39.7 Å². The standard InChI is InChI=1S/C11H25NOS/c1-5-14-7-6-12-9-11(4,13)8-10(2)3/h10,12-13H,5-9H2,1-4H3. The molecule has 0 heterocycles. The maximum Gasteiger partial charge on any atom is 0.0746 e. The summed E-state index contributed by atoms with van der Waals surface area (Å²) in [4.78, 5) is 0. The summed E-state index contributed by atoms with van der Waals surface area (Å²) in [5.41, 5.74) is -0.551. The lowest BCUT2D eigenvalue weighted by atomic mass is 9.94. The van der Waals surface area contributed by atoms with Gasteiger partial charge in [-0.1, -0.05) is 20.8 Å². The lowest BCUT2D eigenvalue weighted by Crippen LogP contribution is -2.39. The first-order valence-corrected chi connectivity index (χ1v) is 6.64. The first kappa shape index (κ1) is 14.3. The molecular weight excluding hydrogens is 194 g/mol. The van der Waals surface area contributed by atoms with Crippen molar-refractivity contribution in [2.24, 2.45) is 5.92 Å². The van der Waals surface area contributed by atoms with Crippen LogP contribution in [0.2, 0.25) is 0 Å². The van der Waals surface area contributed by atoms with Crippen molar-refractivity contribution in [3.05, 3.63) is 0 Å². The Hall–Kier alpha value is 0.270. The number of nitrogens with one attached hydrogen (secondary N) is 1. The van der Waals surface area contributed by atoms with Crippen LogP contribution in [0.15, 0.2) is 0 Å². The number of hydrogen-bond acceptors (Lipinski definition) is 3. The van der Waals surface area contributed by atoms with Gasteiger partial charge in [0.15, 0.2) is 0 Å².